The van der Waals surface area contributed by atoms with Gasteiger partial charge in [-0.25, -0.2) is 0 Å². The van der Waals surface area contributed by atoms with Gasteiger partial charge in [0.15, 0.2) is 0 Å². The zero-order valence-corrected chi connectivity index (χ0v) is 14.7. The first-order chi connectivity index (χ1) is 10.8. The summed E-state index contributed by atoms with van der Waals surface area (Å²) in [6.07, 6.45) is 6.83. The topological polar surface area (TPSA) is 26.0 Å². The largest absolute Gasteiger partial charge is 0.399 e. The SMILES string of the molecule is CC1(C)CCC(C)(C)c2cc(/C=C/c3cccc(N)c3)ccc21. The van der Waals surface area contributed by atoms with Crippen molar-refractivity contribution in [2.24, 2.45) is 0 Å². The van der Waals surface area contributed by atoms with E-state index in [0.29, 0.717) is 0 Å². The second-order valence-corrected chi connectivity index (χ2v) is 8.08. The summed E-state index contributed by atoms with van der Waals surface area (Å²) in [4.78, 5) is 0. The first-order valence-electron chi connectivity index (χ1n) is 8.47. The van der Waals surface area contributed by atoms with Crippen LogP contribution in [-0.4, -0.2) is 0 Å². The second kappa shape index (κ2) is 5.56. The normalized spacial score (nSPS) is 18.8. The van der Waals surface area contributed by atoms with Gasteiger partial charge in [-0.15, -0.1) is 0 Å². The van der Waals surface area contributed by atoms with Crippen molar-refractivity contribution in [1.29, 1.82) is 0 Å². The molecule has 0 aliphatic heterocycles. The van der Waals surface area contributed by atoms with E-state index in [4.69, 9.17) is 5.73 Å². The molecule has 0 unspecified atom stereocenters. The number of nitrogen functional groups attached to an aromatic ring is 1. The van der Waals surface area contributed by atoms with E-state index in [1.165, 1.54) is 29.5 Å². The van der Waals surface area contributed by atoms with Gasteiger partial charge >= 0.3 is 0 Å². The minimum Gasteiger partial charge on any atom is -0.399 e. The quantitative estimate of drug-likeness (QED) is 0.551. The number of anilines is 1. The van der Waals surface area contributed by atoms with Gasteiger partial charge < -0.3 is 5.73 Å². The molecule has 1 aliphatic rings. The van der Waals surface area contributed by atoms with Crippen LogP contribution < -0.4 is 5.73 Å². The van der Waals surface area contributed by atoms with Crippen molar-refractivity contribution in [2.45, 2.75) is 51.4 Å². The Morgan fingerprint density at radius 1 is 0.783 bits per heavy atom. The Morgan fingerprint density at radius 2 is 1.39 bits per heavy atom. The van der Waals surface area contributed by atoms with Gasteiger partial charge in [-0.05, 0) is 58.1 Å². The first kappa shape index (κ1) is 15.9. The van der Waals surface area contributed by atoms with Crippen LogP contribution in [0.4, 0.5) is 5.69 Å². The molecule has 0 amide bonds. The Hall–Kier alpha value is -2.02. The maximum absolute atomic E-state index is 5.85. The van der Waals surface area contributed by atoms with E-state index in [0.717, 1.165) is 11.3 Å². The van der Waals surface area contributed by atoms with Crippen LogP contribution in [0.5, 0.6) is 0 Å². The number of fused-ring (bicyclic) bond motifs is 1. The lowest BCUT2D eigenvalue weighted by Crippen LogP contribution is -2.33. The van der Waals surface area contributed by atoms with Gasteiger partial charge in [-0.1, -0.05) is 70.2 Å². The zero-order valence-electron chi connectivity index (χ0n) is 14.7. The van der Waals surface area contributed by atoms with Crippen LogP contribution in [0.25, 0.3) is 12.2 Å². The van der Waals surface area contributed by atoms with Gasteiger partial charge in [-0.3, -0.25) is 0 Å². The fourth-order valence-corrected chi connectivity index (χ4v) is 3.57. The molecule has 0 fully saturated rings. The van der Waals surface area contributed by atoms with Crippen LogP contribution in [0.3, 0.4) is 0 Å². The first-order valence-corrected chi connectivity index (χ1v) is 8.47. The molecular formula is C22H27N. The van der Waals surface area contributed by atoms with Crippen LogP contribution in [0.1, 0.15) is 62.8 Å². The Balaban J connectivity index is 1.97. The van der Waals surface area contributed by atoms with E-state index < -0.39 is 0 Å². The number of hydrogen-bond donors (Lipinski definition) is 1. The molecule has 0 saturated carbocycles. The maximum Gasteiger partial charge on any atom is 0.0319 e. The van der Waals surface area contributed by atoms with Crippen molar-refractivity contribution in [3.05, 3.63) is 64.7 Å². The molecule has 1 aliphatic carbocycles. The van der Waals surface area contributed by atoms with E-state index in [-0.39, 0.29) is 10.8 Å². The van der Waals surface area contributed by atoms with E-state index in [1.54, 1.807) is 0 Å². The number of hydrogen-bond acceptors (Lipinski definition) is 1. The van der Waals surface area contributed by atoms with Crippen molar-refractivity contribution >= 4 is 17.8 Å². The molecule has 1 heteroatoms. The summed E-state index contributed by atoms with van der Waals surface area (Å²) in [5, 5.41) is 0. The van der Waals surface area contributed by atoms with E-state index in [9.17, 15) is 0 Å². The molecule has 0 saturated heterocycles. The maximum atomic E-state index is 5.85. The monoisotopic (exact) mass is 305 g/mol. The third kappa shape index (κ3) is 3.19. The van der Waals surface area contributed by atoms with Crippen molar-refractivity contribution in [2.75, 3.05) is 5.73 Å². The summed E-state index contributed by atoms with van der Waals surface area (Å²) in [6.45, 7) is 9.46. The highest BCUT2D eigenvalue weighted by Crippen LogP contribution is 2.45. The molecule has 23 heavy (non-hydrogen) atoms. The Labute approximate surface area is 140 Å². The fourth-order valence-electron chi connectivity index (χ4n) is 3.57. The predicted molar refractivity (Wildman–Crippen MR) is 102 cm³/mol. The molecule has 0 bridgehead atoms. The minimum atomic E-state index is 0.256. The van der Waals surface area contributed by atoms with Crippen molar-refractivity contribution in [3.63, 3.8) is 0 Å². The molecule has 120 valence electrons. The van der Waals surface area contributed by atoms with Crippen LogP contribution in [0.2, 0.25) is 0 Å². The number of nitrogens with two attached hydrogens (primary N) is 1. The number of benzene rings is 2. The van der Waals surface area contributed by atoms with E-state index in [1.807, 2.05) is 18.2 Å². The summed E-state index contributed by atoms with van der Waals surface area (Å²) >= 11 is 0. The van der Waals surface area contributed by atoms with Crippen LogP contribution in [-0.2, 0) is 10.8 Å². The molecule has 2 N–H and O–H groups in total. The van der Waals surface area contributed by atoms with Crippen molar-refractivity contribution in [1.82, 2.24) is 0 Å². The van der Waals surface area contributed by atoms with Gasteiger partial charge in [0.1, 0.15) is 0 Å². The van der Waals surface area contributed by atoms with Crippen LogP contribution >= 0.6 is 0 Å². The predicted octanol–water partition coefficient (Wildman–Crippen LogP) is 5.79. The van der Waals surface area contributed by atoms with E-state index >= 15 is 0 Å². The summed E-state index contributed by atoms with van der Waals surface area (Å²) in [5.74, 6) is 0. The van der Waals surface area contributed by atoms with Gasteiger partial charge in [0.2, 0.25) is 0 Å². The average molecular weight is 305 g/mol. The van der Waals surface area contributed by atoms with Gasteiger partial charge in [-0.2, -0.15) is 0 Å². The zero-order chi connectivity index (χ0) is 16.7. The van der Waals surface area contributed by atoms with Crippen molar-refractivity contribution in [3.8, 4) is 0 Å². The lowest BCUT2D eigenvalue weighted by Gasteiger charge is -2.42. The van der Waals surface area contributed by atoms with Gasteiger partial charge in [0, 0.05) is 5.69 Å². The molecule has 1 nitrogen and oxygen atoms in total. The molecule has 3 rings (SSSR count). The molecule has 0 radical (unpaired) electrons. The van der Waals surface area contributed by atoms with E-state index in [2.05, 4.69) is 64.1 Å². The summed E-state index contributed by atoms with van der Waals surface area (Å²) in [5.41, 5.74) is 12.6. The highest BCUT2D eigenvalue weighted by atomic mass is 14.5. The second-order valence-electron chi connectivity index (χ2n) is 8.08. The Morgan fingerprint density at radius 3 is 2.04 bits per heavy atom. The lowest BCUT2D eigenvalue weighted by molar-refractivity contribution is 0.332. The molecule has 0 atom stereocenters. The summed E-state index contributed by atoms with van der Waals surface area (Å²) < 4.78 is 0. The summed E-state index contributed by atoms with van der Waals surface area (Å²) in [6, 6.07) is 14.9. The van der Waals surface area contributed by atoms with Gasteiger partial charge in [0.05, 0.1) is 0 Å². The summed E-state index contributed by atoms with van der Waals surface area (Å²) in [7, 11) is 0. The Bertz CT molecular complexity index is 750. The highest BCUT2D eigenvalue weighted by molar-refractivity contribution is 5.71. The third-order valence-electron chi connectivity index (χ3n) is 5.26. The Kier molecular flexibility index (Phi) is 3.83. The standard InChI is InChI=1S/C22H27N/c1-21(2)12-13-22(3,4)20-15-17(10-11-19(20)21)9-8-16-6-5-7-18(23)14-16/h5-11,14-15H,12-13,23H2,1-4H3/b9-8+. The van der Waals surface area contributed by atoms with Gasteiger partial charge in [0.25, 0.3) is 0 Å². The van der Waals surface area contributed by atoms with Crippen molar-refractivity contribution < 1.29 is 0 Å². The smallest absolute Gasteiger partial charge is 0.0319 e. The lowest BCUT2D eigenvalue weighted by atomic mass is 9.63. The molecule has 2 aromatic rings. The van der Waals surface area contributed by atoms with Crippen LogP contribution in [0.15, 0.2) is 42.5 Å². The minimum absolute atomic E-state index is 0.256. The molecule has 2 aromatic carbocycles. The molecule has 0 aromatic heterocycles. The molecule has 0 spiro atoms. The highest BCUT2D eigenvalue weighted by Gasteiger charge is 2.36. The fraction of sp³-hybridized carbons (Fsp3) is 0.364. The average Bonchev–Trinajstić information content (AvgIpc) is 2.50. The number of rotatable bonds is 2. The third-order valence-corrected chi connectivity index (χ3v) is 5.26. The molecule has 0 heterocycles. The molecular weight excluding hydrogens is 278 g/mol. The van der Waals surface area contributed by atoms with Crippen LogP contribution in [0, 0.1) is 0 Å².